The Morgan fingerprint density at radius 1 is 1.25 bits per heavy atom. The molecule has 0 spiro atoms. The van der Waals surface area contributed by atoms with Crippen LogP contribution in [0.15, 0.2) is 40.9 Å². The lowest BCUT2D eigenvalue weighted by molar-refractivity contribution is 0.414. The van der Waals surface area contributed by atoms with Gasteiger partial charge in [-0.2, -0.15) is 0 Å². The number of methoxy groups -OCH3 is 1. The van der Waals surface area contributed by atoms with E-state index in [4.69, 9.17) is 22.1 Å². The van der Waals surface area contributed by atoms with Gasteiger partial charge in [0, 0.05) is 15.6 Å². The fourth-order valence-electron chi connectivity index (χ4n) is 2.11. The molecule has 0 aliphatic carbocycles. The van der Waals surface area contributed by atoms with Crippen LogP contribution in [0.3, 0.4) is 0 Å². The summed E-state index contributed by atoms with van der Waals surface area (Å²) in [5.41, 5.74) is 8.54. The highest BCUT2D eigenvalue weighted by Gasteiger charge is 2.13. The van der Waals surface area contributed by atoms with Crippen LogP contribution in [0.5, 0.6) is 5.75 Å². The van der Waals surface area contributed by atoms with Gasteiger partial charge in [-0.05, 0) is 46.3 Å². The summed E-state index contributed by atoms with van der Waals surface area (Å²) in [5.74, 6) is 1.14. The number of rotatable bonds is 2. The van der Waals surface area contributed by atoms with Gasteiger partial charge >= 0.3 is 0 Å². The Morgan fingerprint density at radius 2 is 2.05 bits per heavy atom. The van der Waals surface area contributed by atoms with E-state index in [0.29, 0.717) is 11.0 Å². The van der Waals surface area contributed by atoms with Crippen LogP contribution in [0.1, 0.15) is 0 Å². The molecular formula is C14H11BrClN3O. The lowest BCUT2D eigenvalue weighted by Gasteiger charge is -2.11. The summed E-state index contributed by atoms with van der Waals surface area (Å²) >= 11 is 9.59. The molecule has 4 nitrogen and oxygen atoms in total. The zero-order valence-corrected chi connectivity index (χ0v) is 12.9. The Kier molecular flexibility index (Phi) is 3.31. The number of anilines is 1. The molecule has 1 heterocycles. The van der Waals surface area contributed by atoms with Gasteiger partial charge in [0.15, 0.2) is 0 Å². The van der Waals surface area contributed by atoms with Crippen LogP contribution in [-0.2, 0) is 0 Å². The van der Waals surface area contributed by atoms with E-state index in [2.05, 4.69) is 20.9 Å². The Hall–Kier alpha value is -1.72. The van der Waals surface area contributed by atoms with Gasteiger partial charge in [-0.15, -0.1) is 0 Å². The molecule has 0 radical (unpaired) electrons. The van der Waals surface area contributed by atoms with Crippen molar-refractivity contribution in [2.45, 2.75) is 0 Å². The summed E-state index contributed by atoms with van der Waals surface area (Å²) in [5, 5.41) is 0.637. The molecule has 0 fully saturated rings. The molecule has 0 amide bonds. The first-order chi connectivity index (χ1) is 9.60. The van der Waals surface area contributed by atoms with Crippen LogP contribution in [0.4, 0.5) is 5.95 Å². The summed E-state index contributed by atoms with van der Waals surface area (Å²) in [6, 6.07) is 11.1. The molecule has 20 heavy (non-hydrogen) atoms. The molecule has 2 N–H and O–H groups in total. The molecule has 0 saturated carbocycles. The van der Waals surface area contributed by atoms with Gasteiger partial charge in [0.25, 0.3) is 0 Å². The fourth-order valence-corrected chi connectivity index (χ4v) is 2.70. The van der Waals surface area contributed by atoms with Crippen molar-refractivity contribution in [1.29, 1.82) is 0 Å². The average Bonchev–Trinajstić information content (AvgIpc) is 2.75. The van der Waals surface area contributed by atoms with Gasteiger partial charge < -0.3 is 10.5 Å². The van der Waals surface area contributed by atoms with E-state index in [-0.39, 0.29) is 0 Å². The van der Waals surface area contributed by atoms with Gasteiger partial charge in [-0.1, -0.05) is 11.6 Å². The Labute approximate surface area is 129 Å². The van der Waals surface area contributed by atoms with Crippen LogP contribution >= 0.6 is 27.5 Å². The first kappa shape index (κ1) is 13.3. The summed E-state index contributed by atoms with van der Waals surface area (Å²) in [7, 11) is 1.62. The number of ether oxygens (including phenoxy) is 1. The maximum atomic E-state index is 6.07. The molecular weight excluding hydrogens is 342 g/mol. The van der Waals surface area contributed by atoms with Gasteiger partial charge in [0.1, 0.15) is 5.75 Å². The molecule has 3 aromatic rings. The Bertz CT molecular complexity index is 800. The Morgan fingerprint density at radius 3 is 2.80 bits per heavy atom. The first-order valence-corrected chi connectivity index (χ1v) is 7.04. The second-order valence-electron chi connectivity index (χ2n) is 4.26. The van der Waals surface area contributed by atoms with Crippen LogP contribution in [-0.4, -0.2) is 16.7 Å². The van der Waals surface area contributed by atoms with Crippen molar-refractivity contribution in [1.82, 2.24) is 9.55 Å². The molecule has 0 bridgehead atoms. The van der Waals surface area contributed by atoms with Gasteiger partial charge in [0.05, 0.1) is 23.8 Å². The fraction of sp³-hybridized carbons (Fsp3) is 0.0714. The van der Waals surface area contributed by atoms with Gasteiger partial charge in [-0.3, -0.25) is 4.57 Å². The molecule has 1 aromatic heterocycles. The zero-order chi connectivity index (χ0) is 14.3. The van der Waals surface area contributed by atoms with Crippen molar-refractivity contribution in [3.63, 3.8) is 0 Å². The molecule has 3 rings (SSSR count). The Balaban J connectivity index is 2.34. The van der Waals surface area contributed by atoms with Crippen molar-refractivity contribution in [3.05, 3.63) is 45.9 Å². The lowest BCUT2D eigenvalue weighted by atomic mass is 10.2. The third-order valence-corrected chi connectivity index (χ3v) is 3.94. The van der Waals surface area contributed by atoms with E-state index in [1.807, 2.05) is 34.9 Å². The summed E-state index contributed by atoms with van der Waals surface area (Å²) in [6.07, 6.45) is 0. The maximum Gasteiger partial charge on any atom is 0.205 e. The van der Waals surface area contributed by atoms with Crippen LogP contribution in [0.2, 0.25) is 5.02 Å². The highest BCUT2D eigenvalue weighted by Crippen LogP contribution is 2.32. The maximum absolute atomic E-state index is 6.07. The number of aromatic nitrogens is 2. The number of hydrogen-bond acceptors (Lipinski definition) is 3. The second kappa shape index (κ2) is 5.00. The van der Waals surface area contributed by atoms with Crippen LogP contribution in [0.25, 0.3) is 16.7 Å². The summed E-state index contributed by atoms with van der Waals surface area (Å²) in [6.45, 7) is 0. The normalized spacial score (nSPS) is 10.9. The summed E-state index contributed by atoms with van der Waals surface area (Å²) < 4.78 is 8.00. The van der Waals surface area contributed by atoms with Crippen LogP contribution in [0, 0.1) is 0 Å². The van der Waals surface area contributed by atoms with E-state index in [1.165, 1.54) is 0 Å². The number of nitrogen functional groups attached to an aromatic ring is 1. The largest absolute Gasteiger partial charge is 0.497 e. The molecule has 0 unspecified atom stereocenters. The van der Waals surface area contributed by atoms with Crippen molar-refractivity contribution in [2.75, 3.05) is 12.8 Å². The number of benzene rings is 2. The molecule has 0 aliphatic heterocycles. The van der Waals surface area contributed by atoms with E-state index >= 15 is 0 Å². The topological polar surface area (TPSA) is 53.1 Å². The average molecular weight is 353 g/mol. The van der Waals surface area contributed by atoms with E-state index in [1.54, 1.807) is 13.2 Å². The smallest absolute Gasteiger partial charge is 0.205 e. The monoisotopic (exact) mass is 351 g/mol. The zero-order valence-electron chi connectivity index (χ0n) is 10.6. The van der Waals surface area contributed by atoms with Crippen molar-refractivity contribution < 1.29 is 4.74 Å². The highest BCUT2D eigenvalue weighted by molar-refractivity contribution is 9.10. The third-order valence-electron chi connectivity index (χ3n) is 3.04. The first-order valence-electron chi connectivity index (χ1n) is 5.87. The predicted octanol–water partition coefficient (Wildman–Crippen LogP) is 4.03. The van der Waals surface area contributed by atoms with Crippen LogP contribution < -0.4 is 10.5 Å². The lowest BCUT2D eigenvalue weighted by Crippen LogP contribution is -2.02. The predicted molar refractivity (Wildman–Crippen MR) is 84.7 cm³/mol. The highest BCUT2D eigenvalue weighted by atomic mass is 79.9. The second-order valence-corrected chi connectivity index (χ2v) is 5.55. The van der Waals surface area contributed by atoms with E-state index in [0.717, 1.165) is 26.9 Å². The van der Waals surface area contributed by atoms with E-state index in [9.17, 15) is 0 Å². The van der Waals surface area contributed by atoms with Gasteiger partial charge in [-0.25, -0.2) is 4.98 Å². The van der Waals surface area contributed by atoms with E-state index < -0.39 is 0 Å². The minimum absolute atomic E-state index is 0.399. The summed E-state index contributed by atoms with van der Waals surface area (Å²) in [4.78, 5) is 4.35. The number of hydrogen-bond donors (Lipinski definition) is 1. The minimum atomic E-state index is 0.399. The van der Waals surface area contributed by atoms with Crippen molar-refractivity contribution in [2.24, 2.45) is 0 Å². The molecule has 0 saturated heterocycles. The standard InChI is InChI=1S/C14H11BrClN3O/c1-20-9-3-4-10(15)12(7-9)19-13-6-8(16)2-5-11(13)18-14(19)17/h2-7H,1H3,(H2,17,18). The van der Waals surface area contributed by atoms with Crippen molar-refractivity contribution >= 4 is 44.5 Å². The minimum Gasteiger partial charge on any atom is -0.497 e. The molecule has 2 aromatic carbocycles. The quantitative estimate of drug-likeness (QED) is 0.757. The number of nitrogens with two attached hydrogens (primary N) is 1. The third kappa shape index (κ3) is 2.13. The molecule has 6 heteroatoms. The van der Waals surface area contributed by atoms with Gasteiger partial charge in [0.2, 0.25) is 5.95 Å². The molecule has 0 aliphatic rings. The number of nitrogens with zero attached hydrogens (tertiary/aromatic N) is 2. The number of imidazole rings is 1. The molecule has 102 valence electrons. The molecule has 0 atom stereocenters. The van der Waals surface area contributed by atoms with Crippen molar-refractivity contribution in [3.8, 4) is 11.4 Å². The number of fused-ring (bicyclic) bond motifs is 1. The number of halogens is 2. The SMILES string of the molecule is COc1ccc(Br)c(-n2c(N)nc3ccc(Cl)cc32)c1.